The van der Waals surface area contributed by atoms with Gasteiger partial charge < -0.3 is 21.1 Å². The largest absolute Gasteiger partial charge is 0.506 e. The van der Waals surface area contributed by atoms with Crippen molar-refractivity contribution in [2.45, 2.75) is 38.5 Å². The second-order valence-electron chi connectivity index (χ2n) is 8.38. The number of aromatic nitrogens is 2. The minimum Gasteiger partial charge on any atom is -0.506 e. The van der Waals surface area contributed by atoms with Gasteiger partial charge in [0.2, 0.25) is 5.95 Å². The predicted molar refractivity (Wildman–Crippen MR) is 125 cm³/mol. The highest BCUT2D eigenvalue weighted by Gasteiger charge is 2.21. The number of fused-ring (bicyclic) bond motifs is 6. The molecule has 1 fully saturated rings. The number of phenolic OH excluding ortho intramolecular Hbond substituents is 1. The highest BCUT2D eigenvalue weighted by molar-refractivity contribution is 6.32. The SMILES string of the molecule is Cc1ccc2cc1Nc1nc(ncc1Cl)Nc1cc(c(C3CCNCC3)cc1O)CC2. The van der Waals surface area contributed by atoms with E-state index in [1.807, 2.05) is 6.07 Å². The fourth-order valence-electron chi connectivity index (χ4n) is 4.48. The first-order valence-electron chi connectivity index (χ1n) is 10.8. The molecule has 0 unspecified atom stereocenters. The number of rotatable bonds is 1. The number of nitrogens with one attached hydrogen (secondary N) is 3. The van der Waals surface area contributed by atoms with Crippen LogP contribution in [0.4, 0.5) is 23.1 Å². The lowest BCUT2D eigenvalue weighted by Gasteiger charge is -2.26. The standard InChI is InChI=1S/C24H26ClN5O/c1-14-2-3-15-4-5-17-11-21(22(31)12-18(17)16-6-8-26-9-7-16)29-24-27-13-19(25)23(30-24)28-20(14)10-15/h2-3,10-13,16,26,31H,4-9H2,1H3,(H2,27,28,29,30). The quantitative estimate of drug-likeness (QED) is 0.393. The molecule has 1 aromatic heterocycles. The van der Waals surface area contributed by atoms with Crippen LogP contribution in [0.3, 0.4) is 0 Å². The fourth-order valence-corrected chi connectivity index (χ4v) is 4.62. The first kappa shape index (κ1) is 20.1. The lowest BCUT2D eigenvalue weighted by atomic mass is 9.85. The van der Waals surface area contributed by atoms with Crippen LogP contribution in [0.15, 0.2) is 36.5 Å². The van der Waals surface area contributed by atoms with Gasteiger partial charge in [-0.3, -0.25) is 0 Å². The smallest absolute Gasteiger partial charge is 0.229 e. The molecule has 0 amide bonds. The second-order valence-corrected chi connectivity index (χ2v) is 8.79. The number of benzene rings is 2. The van der Waals surface area contributed by atoms with Crippen LogP contribution in [0, 0.1) is 6.92 Å². The van der Waals surface area contributed by atoms with Gasteiger partial charge in [-0.1, -0.05) is 23.7 Å². The molecule has 5 rings (SSSR count). The Morgan fingerprint density at radius 1 is 1.03 bits per heavy atom. The number of phenols is 1. The number of hydrogen-bond acceptors (Lipinski definition) is 6. The summed E-state index contributed by atoms with van der Waals surface area (Å²) in [5.74, 6) is 1.60. The topological polar surface area (TPSA) is 82.1 Å². The second kappa shape index (κ2) is 8.36. The van der Waals surface area contributed by atoms with Crippen molar-refractivity contribution in [3.05, 3.63) is 63.8 Å². The summed E-state index contributed by atoms with van der Waals surface area (Å²) >= 11 is 6.35. The van der Waals surface area contributed by atoms with Gasteiger partial charge in [-0.25, -0.2) is 4.98 Å². The molecular weight excluding hydrogens is 410 g/mol. The van der Waals surface area contributed by atoms with Crippen molar-refractivity contribution in [3.8, 4) is 5.75 Å². The average Bonchev–Trinajstić information content (AvgIpc) is 2.78. The Bertz CT molecular complexity index is 1130. The monoisotopic (exact) mass is 435 g/mol. The van der Waals surface area contributed by atoms with E-state index in [1.54, 1.807) is 6.20 Å². The number of aromatic hydroxyl groups is 1. The molecule has 0 spiro atoms. The average molecular weight is 436 g/mol. The number of aryl methyl sites for hydroxylation is 3. The molecule has 160 valence electrons. The van der Waals surface area contributed by atoms with Gasteiger partial charge in [0, 0.05) is 5.69 Å². The van der Waals surface area contributed by atoms with E-state index in [4.69, 9.17) is 11.6 Å². The fraction of sp³-hybridized carbons (Fsp3) is 0.333. The summed E-state index contributed by atoms with van der Waals surface area (Å²) in [5, 5.41) is 21.2. The van der Waals surface area contributed by atoms with Crippen LogP contribution in [-0.4, -0.2) is 28.2 Å². The summed E-state index contributed by atoms with van der Waals surface area (Å²) in [7, 11) is 0. The van der Waals surface area contributed by atoms with Gasteiger partial charge in [-0.2, -0.15) is 4.98 Å². The third-order valence-electron chi connectivity index (χ3n) is 6.27. The number of piperidine rings is 1. The van der Waals surface area contributed by atoms with Gasteiger partial charge in [0.25, 0.3) is 0 Å². The molecule has 0 atom stereocenters. The molecule has 3 aromatic rings. The van der Waals surface area contributed by atoms with Crippen molar-refractivity contribution in [2.75, 3.05) is 23.7 Å². The van der Waals surface area contributed by atoms with Gasteiger partial charge in [0.15, 0.2) is 5.82 Å². The summed E-state index contributed by atoms with van der Waals surface area (Å²) in [5.41, 5.74) is 6.48. The third-order valence-corrected chi connectivity index (χ3v) is 6.54. The van der Waals surface area contributed by atoms with Gasteiger partial charge >= 0.3 is 0 Å². The number of halogens is 1. The normalized spacial score (nSPS) is 16.3. The molecule has 4 N–H and O–H groups in total. The molecule has 2 aliphatic rings. The van der Waals surface area contributed by atoms with E-state index in [9.17, 15) is 5.11 Å². The Morgan fingerprint density at radius 2 is 1.87 bits per heavy atom. The minimum atomic E-state index is 0.219. The zero-order valence-electron chi connectivity index (χ0n) is 17.5. The molecule has 2 aliphatic heterocycles. The Hall–Kier alpha value is -2.83. The van der Waals surface area contributed by atoms with E-state index in [1.165, 1.54) is 16.7 Å². The minimum absolute atomic E-state index is 0.219. The summed E-state index contributed by atoms with van der Waals surface area (Å²) in [6, 6.07) is 10.5. The van der Waals surface area contributed by atoms with Gasteiger partial charge in [0.1, 0.15) is 10.8 Å². The summed E-state index contributed by atoms with van der Waals surface area (Å²) in [4.78, 5) is 8.86. The number of anilines is 4. The third kappa shape index (κ3) is 4.18. The summed E-state index contributed by atoms with van der Waals surface area (Å²) < 4.78 is 0. The molecule has 1 saturated heterocycles. The van der Waals surface area contributed by atoms with E-state index in [0.717, 1.165) is 50.0 Å². The van der Waals surface area contributed by atoms with Crippen LogP contribution in [-0.2, 0) is 12.8 Å². The van der Waals surface area contributed by atoms with Gasteiger partial charge in [0.05, 0.1) is 11.9 Å². The zero-order chi connectivity index (χ0) is 21.4. The molecular formula is C24H26ClN5O. The zero-order valence-corrected chi connectivity index (χ0v) is 18.3. The van der Waals surface area contributed by atoms with Crippen molar-refractivity contribution in [3.63, 3.8) is 0 Å². The van der Waals surface area contributed by atoms with E-state index in [-0.39, 0.29) is 5.75 Å². The molecule has 6 nitrogen and oxygen atoms in total. The van der Waals surface area contributed by atoms with Crippen molar-refractivity contribution in [2.24, 2.45) is 0 Å². The molecule has 2 aromatic carbocycles. The highest BCUT2D eigenvalue weighted by atomic mass is 35.5. The van der Waals surface area contributed by atoms with E-state index in [0.29, 0.717) is 28.4 Å². The van der Waals surface area contributed by atoms with Crippen molar-refractivity contribution in [1.82, 2.24) is 15.3 Å². The van der Waals surface area contributed by atoms with E-state index < -0.39 is 0 Å². The Balaban J connectivity index is 1.62. The number of hydrogen-bond donors (Lipinski definition) is 4. The maximum atomic E-state index is 10.8. The molecule has 7 heteroatoms. The van der Waals surface area contributed by atoms with Crippen LogP contribution >= 0.6 is 11.6 Å². The maximum absolute atomic E-state index is 10.8. The van der Waals surface area contributed by atoms with E-state index >= 15 is 0 Å². The van der Waals surface area contributed by atoms with Crippen LogP contribution < -0.4 is 16.0 Å². The Labute approximate surface area is 187 Å². The van der Waals surface area contributed by atoms with Gasteiger partial charge in [-0.05, 0) is 92.1 Å². The van der Waals surface area contributed by atoms with Crippen molar-refractivity contribution >= 4 is 34.7 Å². The first-order chi connectivity index (χ1) is 15.1. The van der Waals surface area contributed by atoms with Crippen LogP contribution in [0.1, 0.15) is 41.0 Å². The molecule has 31 heavy (non-hydrogen) atoms. The first-order valence-corrected chi connectivity index (χ1v) is 11.2. The van der Waals surface area contributed by atoms with Crippen molar-refractivity contribution in [1.29, 1.82) is 0 Å². The van der Waals surface area contributed by atoms with Crippen molar-refractivity contribution < 1.29 is 5.11 Å². The predicted octanol–water partition coefficient (Wildman–Crippen LogP) is 5.20. The van der Waals surface area contributed by atoms with E-state index in [2.05, 4.69) is 57.1 Å². The highest BCUT2D eigenvalue weighted by Crippen LogP contribution is 2.37. The molecule has 0 aliphatic carbocycles. The van der Waals surface area contributed by atoms with Gasteiger partial charge in [-0.15, -0.1) is 0 Å². The summed E-state index contributed by atoms with van der Waals surface area (Å²) in [6.45, 7) is 4.09. The Kier molecular flexibility index (Phi) is 5.42. The molecule has 0 radical (unpaired) electrons. The maximum Gasteiger partial charge on any atom is 0.229 e. The van der Waals surface area contributed by atoms with Crippen LogP contribution in [0.2, 0.25) is 5.02 Å². The number of nitrogens with zero attached hydrogens (tertiary/aromatic N) is 2. The Morgan fingerprint density at radius 3 is 2.71 bits per heavy atom. The van der Waals surface area contributed by atoms with Crippen LogP contribution in [0.5, 0.6) is 5.75 Å². The lowest BCUT2D eigenvalue weighted by Crippen LogP contribution is -2.27. The van der Waals surface area contributed by atoms with Crippen LogP contribution in [0.25, 0.3) is 0 Å². The lowest BCUT2D eigenvalue weighted by molar-refractivity contribution is 0.450. The molecule has 3 heterocycles. The molecule has 6 bridgehead atoms. The summed E-state index contributed by atoms with van der Waals surface area (Å²) in [6.07, 6.45) is 5.55. The molecule has 0 saturated carbocycles.